The Balaban J connectivity index is 1.88. The van der Waals surface area contributed by atoms with Crippen molar-refractivity contribution in [2.75, 3.05) is 11.1 Å². The summed E-state index contributed by atoms with van der Waals surface area (Å²) in [6, 6.07) is 15.4. The molecule has 0 atom stereocenters. The fourth-order valence-corrected chi connectivity index (χ4v) is 1.95. The number of carbonyl (C=O) groups excluding carboxylic acids is 1. The Hall–Kier alpha value is -2.29. The molecule has 98 valence electrons. The van der Waals surface area contributed by atoms with E-state index >= 15 is 0 Å². The number of rotatable bonds is 4. The summed E-state index contributed by atoms with van der Waals surface area (Å²) in [5.74, 6) is 0.0213. The van der Waals surface area contributed by atoms with Gasteiger partial charge in [-0.15, -0.1) is 0 Å². The Morgan fingerprint density at radius 1 is 1.16 bits per heavy atom. The SMILES string of the molecule is Cc1cccc(NC(=O)CCc2cccc(N)c2)c1. The maximum absolute atomic E-state index is 11.8. The molecule has 0 heterocycles. The summed E-state index contributed by atoms with van der Waals surface area (Å²) < 4.78 is 0. The van der Waals surface area contributed by atoms with Gasteiger partial charge >= 0.3 is 0 Å². The molecule has 0 aliphatic carbocycles. The number of nitrogens with one attached hydrogen (secondary N) is 1. The van der Waals surface area contributed by atoms with Crippen LogP contribution < -0.4 is 11.1 Å². The highest BCUT2D eigenvalue weighted by atomic mass is 16.1. The van der Waals surface area contributed by atoms with Gasteiger partial charge in [0.1, 0.15) is 0 Å². The molecule has 0 aliphatic rings. The number of amides is 1. The maximum Gasteiger partial charge on any atom is 0.224 e. The second kappa shape index (κ2) is 6.05. The van der Waals surface area contributed by atoms with E-state index in [0.717, 1.165) is 22.5 Å². The molecule has 3 N–H and O–H groups in total. The monoisotopic (exact) mass is 254 g/mol. The molecule has 3 nitrogen and oxygen atoms in total. The van der Waals surface area contributed by atoms with Crippen molar-refractivity contribution in [3.63, 3.8) is 0 Å². The lowest BCUT2D eigenvalue weighted by atomic mass is 10.1. The molecule has 0 aromatic heterocycles. The molecule has 0 fully saturated rings. The second-order valence-corrected chi connectivity index (χ2v) is 4.66. The van der Waals surface area contributed by atoms with Gasteiger partial charge in [0.25, 0.3) is 0 Å². The minimum atomic E-state index is 0.0213. The van der Waals surface area contributed by atoms with Crippen molar-refractivity contribution in [2.45, 2.75) is 19.8 Å². The van der Waals surface area contributed by atoms with Crippen LogP contribution in [0.15, 0.2) is 48.5 Å². The zero-order valence-corrected chi connectivity index (χ0v) is 11.0. The number of benzene rings is 2. The number of aryl methyl sites for hydroxylation is 2. The van der Waals surface area contributed by atoms with Crippen molar-refractivity contribution in [3.8, 4) is 0 Å². The van der Waals surface area contributed by atoms with Crippen LogP contribution in [-0.4, -0.2) is 5.91 Å². The minimum Gasteiger partial charge on any atom is -0.399 e. The molecular weight excluding hydrogens is 236 g/mol. The average molecular weight is 254 g/mol. The molecule has 0 unspecified atom stereocenters. The molecule has 2 aromatic rings. The van der Waals surface area contributed by atoms with Gasteiger partial charge in [-0.2, -0.15) is 0 Å². The van der Waals surface area contributed by atoms with Crippen molar-refractivity contribution in [1.82, 2.24) is 0 Å². The Bertz CT molecular complexity index is 578. The maximum atomic E-state index is 11.8. The minimum absolute atomic E-state index is 0.0213. The quantitative estimate of drug-likeness (QED) is 0.823. The Morgan fingerprint density at radius 2 is 1.95 bits per heavy atom. The van der Waals surface area contributed by atoms with Crippen LogP contribution in [0.2, 0.25) is 0 Å². The van der Waals surface area contributed by atoms with Crippen LogP contribution >= 0.6 is 0 Å². The van der Waals surface area contributed by atoms with Gasteiger partial charge in [0, 0.05) is 17.8 Å². The summed E-state index contributed by atoms with van der Waals surface area (Å²) in [6.07, 6.45) is 1.15. The predicted octanol–water partition coefficient (Wildman–Crippen LogP) is 3.15. The molecule has 0 bridgehead atoms. The van der Waals surface area contributed by atoms with E-state index in [1.54, 1.807) is 0 Å². The first-order valence-electron chi connectivity index (χ1n) is 6.34. The Kier molecular flexibility index (Phi) is 4.18. The normalized spacial score (nSPS) is 10.2. The number of hydrogen-bond acceptors (Lipinski definition) is 2. The highest BCUT2D eigenvalue weighted by Gasteiger charge is 2.03. The van der Waals surface area contributed by atoms with Gasteiger partial charge in [-0.3, -0.25) is 4.79 Å². The molecule has 3 heteroatoms. The second-order valence-electron chi connectivity index (χ2n) is 4.66. The van der Waals surface area contributed by atoms with Crippen LogP contribution in [0, 0.1) is 6.92 Å². The fourth-order valence-electron chi connectivity index (χ4n) is 1.95. The Labute approximate surface area is 113 Å². The van der Waals surface area contributed by atoms with Crippen molar-refractivity contribution in [1.29, 1.82) is 0 Å². The first-order valence-corrected chi connectivity index (χ1v) is 6.34. The van der Waals surface area contributed by atoms with E-state index in [0.29, 0.717) is 12.8 Å². The van der Waals surface area contributed by atoms with E-state index in [2.05, 4.69) is 5.32 Å². The molecule has 19 heavy (non-hydrogen) atoms. The van der Waals surface area contributed by atoms with Crippen LogP contribution in [0.4, 0.5) is 11.4 Å². The smallest absolute Gasteiger partial charge is 0.224 e. The van der Waals surface area contributed by atoms with E-state index in [1.807, 2.05) is 55.5 Å². The summed E-state index contributed by atoms with van der Waals surface area (Å²) in [7, 11) is 0. The third-order valence-corrected chi connectivity index (χ3v) is 2.89. The van der Waals surface area contributed by atoms with Crippen LogP contribution in [0.25, 0.3) is 0 Å². The van der Waals surface area contributed by atoms with E-state index in [4.69, 9.17) is 5.73 Å². The molecule has 0 saturated heterocycles. The van der Waals surface area contributed by atoms with E-state index < -0.39 is 0 Å². The van der Waals surface area contributed by atoms with E-state index in [1.165, 1.54) is 0 Å². The predicted molar refractivity (Wildman–Crippen MR) is 79.0 cm³/mol. The van der Waals surface area contributed by atoms with Gasteiger partial charge in [0.2, 0.25) is 5.91 Å². The molecule has 0 saturated carbocycles. The highest BCUT2D eigenvalue weighted by molar-refractivity contribution is 5.90. The standard InChI is InChI=1S/C16H18N2O/c1-12-4-2-7-15(10-12)18-16(19)9-8-13-5-3-6-14(17)11-13/h2-7,10-11H,8-9,17H2,1H3,(H,18,19). The number of carbonyl (C=O) groups is 1. The summed E-state index contributed by atoms with van der Waals surface area (Å²) >= 11 is 0. The van der Waals surface area contributed by atoms with Gasteiger partial charge in [-0.05, 0) is 48.7 Å². The molecule has 0 aliphatic heterocycles. The first kappa shape index (κ1) is 13.1. The molecule has 1 amide bonds. The lowest BCUT2D eigenvalue weighted by Crippen LogP contribution is -2.12. The highest BCUT2D eigenvalue weighted by Crippen LogP contribution is 2.12. The van der Waals surface area contributed by atoms with Crippen molar-refractivity contribution >= 4 is 17.3 Å². The van der Waals surface area contributed by atoms with Crippen LogP contribution in [-0.2, 0) is 11.2 Å². The summed E-state index contributed by atoms with van der Waals surface area (Å²) in [6.45, 7) is 2.00. The first-order chi connectivity index (χ1) is 9.13. The lowest BCUT2D eigenvalue weighted by molar-refractivity contribution is -0.116. The zero-order chi connectivity index (χ0) is 13.7. The summed E-state index contributed by atoms with van der Waals surface area (Å²) in [5, 5.41) is 2.90. The van der Waals surface area contributed by atoms with Crippen LogP contribution in [0.1, 0.15) is 17.5 Å². The van der Waals surface area contributed by atoms with Crippen molar-refractivity contribution in [3.05, 3.63) is 59.7 Å². The molecule has 0 radical (unpaired) electrons. The van der Waals surface area contributed by atoms with E-state index in [-0.39, 0.29) is 5.91 Å². The fraction of sp³-hybridized carbons (Fsp3) is 0.188. The van der Waals surface area contributed by atoms with Gasteiger partial charge in [0.15, 0.2) is 0 Å². The average Bonchev–Trinajstić information content (AvgIpc) is 2.36. The third-order valence-electron chi connectivity index (χ3n) is 2.89. The lowest BCUT2D eigenvalue weighted by Gasteiger charge is -2.06. The number of nitrogens with two attached hydrogens (primary N) is 1. The van der Waals surface area contributed by atoms with Crippen LogP contribution in [0.5, 0.6) is 0 Å². The third kappa shape index (κ3) is 4.14. The molecule has 2 rings (SSSR count). The number of nitrogen functional groups attached to an aromatic ring is 1. The van der Waals surface area contributed by atoms with Crippen molar-refractivity contribution < 1.29 is 4.79 Å². The van der Waals surface area contributed by atoms with E-state index in [9.17, 15) is 4.79 Å². The van der Waals surface area contributed by atoms with Gasteiger partial charge < -0.3 is 11.1 Å². The summed E-state index contributed by atoms with van der Waals surface area (Å²) in [5.41, 5.74) is 9.50. The largest absolute Gasteiger partial charge is 0.399 e. The van der Waals surface area contributed by atoms with Crippen LogP contribution in [0.3, 0.4) is 0 Å². The van der Waals surface area contributed by atoms with Gasteiger partial charge in [0.05, 0.1) is 0 Å². The topological polar surface area (TPSA) is 55.1 Å². The van der Waals surface area contributed by atoms with Gasteiger partial charge in [-0.1, -0.05) is 24.3 Å². The molecule has 2 aromatic carbocycles. The number of anilines is 2. The number of hydrogen-bond donors (Lipinski definition) is 2. The Morgan fingerprint density at radius 3 is 2.68 bits per heavy atom. The van der Waals surface area contributed by atoms with Crippen molar-refractivity contribution in [2.24, 2.45) is 0 Å². The summed E-state index contributed by atoms with van der Waals surface area (Å²) in [4.78, 5) is 11.8. The van der Waals surface area contributed by atoms with Gasteiger partial charge in [-0.25, -0.2) is 0 Å². The molecular formula is C16H18N2O. The molecule has 0 spiro atoms. The zero-order valence-electron chi connectivity index (χ0n) is 11.0.